The SMILES string of the molecule is COc1ccc(C(=O)N2CCC(NC(=O)CC3CCCC3)CC2)cc1OC. The molecular weight excluding hydrogens is 344 g/mol. The molecule has 27 heavy (non-hydrogen) atoms. The van der Waals surface area contributed by atoms with Crippen molar-refractivity contribution in [1.82, 2.24) is 10.2 Å². The smallest absolute Gasteiger partial charge is 0.253 e. The summed E-state index contributed by atoms with van der Waals surface area (Å²) in [7, 11) is 3.14. The molecule has 3 rings (SSSR count). The van der Waals surface area contributed by atoms with E-state index in [2.05, 4.69) is 5.32 Å². The molecule has 148 valence electrons. The van der Waals surface area contributed by atoms with Gasteiger partial charge in [0.25, 0.3) is 5.91 Å². The van der Waals surface area contributed by atoms with Gasteiger partial charge in [-0.25, -0.2) is 0 Å². The Balaban J connectivity index is 1.49. The lowest BCUT2D eigenvalue weighted by molar-refractivity contribution is -0.122. The van der Waals surface area contributed by atoms with Crippen LogP contribution in [0.4, 0.5) is 0 Å². The van der Waals surface area contributed by atoms with E-state index in [4.69, 9.17) is 9.47 Å². The molecule has 1 aromatic rings. The van der Waals surface area contributed by atoms with Crippen LogP contribution in [0.5, 0.6) is 11.5 Å². The van der Waals surface area contributed by atoms with E-state index in [9.17, 15) is 9.59 Å². The Morgan fingerprint density at radius 3 is 2.33 bits per heavy atom. The zero-order chi connectivity index (χ0) is 19.2. The second-order valence-corrected chi connectivity index (χ2v) is 7.56. The van der Waals surface area contributed by atoms with Crippen LogP contribution in [-0.2, 0) is 4.79 Å². The maximum Gasteiger partial charge on any atom is 0.253 e. The first kappa shape index (κ1) is 19.5. The predicted octanol–water partition coefficient (Wildman–Crippen LogP) is 3.00. The number of piperidine rings is 1. The molecule has 0 atom stereocenters. The van der Waals surface area contributed by atoms with Crippen molar-refractivity contribution < 1.29 is 19.1 Å². The molecule has 0 spiro atoms. The number of carbonyl (C=O) groups excluding carboxylic acids is 2. The molecule has 1 aliphatic carbocycles. The van der Waals surface area contributed by atoms with Gasteiger partial charge in [0.2, 0.25) is 5.91 Å². The van der Waals surface area contributed by atoms with Gasteiger partial charge in [-0.15, -0.1) is 0 Å². The van der Waals surface area contributed by atoms with Gasteiger partial charge in [0.15, 0.2) is 11.5 Å². The van der Waals surface area contributed by atoms with Crippen LogP contribution in [0, 0.1) is 5.92 Å². The molecule has 6 heteroatoms. The van der Waals surface area contributed by atoms with E-state index in [0.29, 0.717) is 42.5 Å². The number of rotatable bonds is 6. The minimum atomic E-state index is -0.00770. The Labute approximate surface area is 161 Å². The molecule has 2 amide bonds. The molecule has 1 heterocycles. The monoisotopic (exact) mass is 374 g/mol. The number of likely N-dealkylation sites (tertiary alicyclic amines) is 1. The number of benzene rings is 1. The van der Waals surface area contributed by atoms with Gasteiger partial charge in [0.1, 0.15) is 0 Å². The number of hydrogen-bond acceptors (Lipinski definition) is 4. The third kappa shape index (κ3) is 4.93. The summed E-state index contributed by atoms with van der Waals surface area (Å²) in [4.78, 5) is 26.8. The fourth-order valence-electron chi connectivity index (χ4n) is 4.14. The summed E-state index contributed by atoms with van der Waals surface area (Å²) < 4.78 is 10.5. The van der Waals surface area contributed by atoms with Crippen molar-refractivity contribution >= 4 is 11.8 Å². The number of nitrogens with zero attached hydrogens (tertiary/aromatic N) is 1. The van der Waals surface area contributed by atoms with Gasteiger partial charge >= 0.3 is 0 Å². The average Bonchev–Trinajstić information content (AvgIpc) is 3.20. The largest absolute Gasteiger partial charge is 0.493 e. The maximum absolute atomic E-state index is 12.8. The fraction of sp³-hybridized carbons (Fsp3) is 0.619. The summed E-state index contributed by atoms with van der Waals surface area (Å²) in [5.41, 5.74) is 0.594. The summed E-state index contributed by atoms with van der Waals surface area (Å²) >= 11 is 0. The summed E-state index contributed by atoms with van der Waals surface area (Å²) in [6.45, 7) is 1.31. The van der Waals surface area contributed by atoms with E-state index in [1.807, 2.05) is 4.90 Å². The highest BCUT2D eigenvalue weighted by Crippen LogP contribution is 2.29. The van der Waals surface area contributed by atoms with Crippen molar-refractivity contribution in [3.05, 3.63) is 23.8 Å². The molecule has 1 saturated heterocycles. The molecule has 0 aromatic heterocycles. The van der Waals surface area contributed by atoms with Gasteiger partial charge in [-0.2, -0.15) is 0 Å². The molecule has 0 unspecified atom stereocenters. The van der Waals surface area contributed by atoms with E-state index < -0.39 is 0 Å². The molecule has 1 aliphatic heterocycles. The number of nitrogens with one attached hydrogen (secondary N) is 1. The van der Waals surface area contributed by atoms with Crippen molar-refractivity contribution in [3.8, 4) is 11.5 Å². The average molecular weight is 374 g/mol. The van der Waals surface area contributed by atoms with E-state index in [1.54, 1.807) is 32.4 Å². The third-order valence-corrected chi connectivity index (χ3v) is 5.73. The Kier molecular flexibility index (Phi) is 6.58. The molecule has 6 nitrogen and oxygen atoms in total. The van der Waals surface area contributed by atoms with Crippen molar-refractivity contribution in [2.45, 2.75) is 51.0 Å². The first-order valence-electron chi connectivity index (χ1n) is 9.91. The normalized spacial score (nSPS) is 18.4. The number of hydrogen-bond donors (Lipinski definition) is 1. The molecule has 1 aromatic carbocycles. The highest BCUT2D eigenvalue weighted by Gasteiger charge is 2.26. The van der Waals surface area contributed by atoms with Crippen molar-refractivity contribution in [1.29, 1.82) is 0 Å². The fourth-order valence-corrected chi connectivity index (χ4v) is 4.14. The zero-order valence-electron chi connectivity index (χ0n) is 16.3. The molecular formula is C21H30N2O4. The van der Waals surface area contributed by atoms with Crippen LogP contribution in [0.3, 0.4) is 0 Å². The highest BCUT2D eigenvalue weighted by atomic mass is 16.5. The van der Waals surface area contributed by atoms with Gasteiger partial charge in [0, 0.05) is 31.1 Å². The van der Waals surface area contributed by atoms with Crippen molar-refractivity contribution in [3.63, 3.8) is 0 Å². The number of carbonyl (C=O) groups is 2. The zero-order valence-corrected chi connectivity index (χ0v) is 16.3. The number of amides is 2. The summed E-state index contributed by atoms with van der Waals surface area (Å²) in [6.07, 6.45) is 7.15. The molecule has 1 saturated carbocycles. The lowest BCUT2D eigenvalue weighted by Gasteiger charge is -2.32. The lowest BCUT2D eigenvalue weighted by atomic mass is 10.0. The molecule has 1 N–H and O–H groups in total. The molecule has 2 fully saturated rings. The maximum atomic E-state index is 12.8. The van der Waals surface area contributed by atoms with Crippen LogP contribution in [-0.4, -0.2) is 50.1 Å². The number of ether oxygens (including phenoxy) is 2. The first-order chi connectivity index (χ1) is 13.1. The van der Waals surface area contributed by atoms with Gasteiger partial charge in [-0.3, -0.25) is 9.59 Å². The van der Waals surface area contributed by atoms with Gasteiger partial charge in [-0.05, 0) is 49.8 Å². The van der Waals surface area contributed by atoms with Crippen LogP contribution in [0.1, 0.15) is 55.3 Å². The predicted molar refractivity (Wildman–Crippen MR) is 103 cm³/mol. The molecule has 0 bridgehead atoms. The van der Waals surface area contributed by atoms with Gasteiger partial charge < -0.3 is 19.7 Å². The van der Waals surface area contributed by atoms with Gasteiger partial charge in [0.05, 0.1) is 14.2 Å². The third-order valence-electron chi connectivity index (χ3n) is 5.73. The Morgan fingerprint density at radius 2 is 1.70 bits per heavy atom. The Bertz CT molecular complexity index is 662. The second kappa shape index (κ2) is 9.11. The second-order valence-electron chi connectivity index (χ2n) is 7.56. The first-order valence-corrected chi connectivity index (χ1v) is 9.91. The Hall–Kier alpha value is -2.24. The number of methoxy groups -OCH3 is 2. The minimum Gasteiger partial charge on any atom is -0.493 e. The van der Waals surface area contributed by atoms with Gasteiger partial charge in [-0.1, -0.05) is 12.8 Å². The highest BCUT2D eigenvalue weighted by molar-refractivity contribution is 5.95. The van der Waals surface area contributed by atoms with Crippen LogP contribution < -0.4 is 14.8 Å². The summed E-state index contributed by atoms with van der Waals surface area (Å²) in [5, 5.41) is 3.16. The van der Waals surface area contributed by atoms with Crippen molar-refractivity contribution in [2.24, 2.45) is 5.92 Å². The molecule has 2 aliphatic rings. The van der Waals surface area contributed by atoms with Crippen LogP contribution in [0.2, 0.25) is 0 Å². The molecule has 0 radical (unpaired) electrons. The Morgan fingerprint density at radius 1 is 1.04 bits per heavy atom. The topological polar surface area (TPSA) is 67.9 Å². The minimum absolute atomic E-state index is 0.00770. The lowest BCUT2D eigenvalue weighted by Crippen LogP contribution is -2.46. The van der Waals surface area contributed by atoms with E-state index >= 15 is 0 Å². The quantitative estimate of drug-likeness (QED) is 0.831. The standard InChI is InChI=1S/C21H30N2O4/c1-26-18-8-7-16(14-19(18)27-2)21(25)23-11-9-17(10-12-23)22-20(24)13-15-5-3-4-6-15/h7-8,14-15,17H,3-6,9-13H2,1-2H3,(H,22,24). The van der Waals surface area contributed by atoms with Crippen LogP contribution in [0.15, 0.2) is 18.2 Å². The summed E-state index contributed by atoms with van der Waals surface area (Å²) in [6, 6.07) is 5.41. The van der Waals surface area contributed by atoms with E-state index in [0.717, 1.165) is 12.8 Å². The van der Waals surface area contributed by atoms with E-state index in [-0.39, 0.29) is 17.9 Å². The van der Waals surface area contributed by atoms with Crippen molar-refractivity contribution in [2.75, 3.05) is 27.3 Å². The van der Waals surface area contributed by atoms with Crippen LogP contribution in [0.25, 0.3) is 0 Å². The summed E-state index contributed by atoms with van der Waals surface area (Å²) in [5.74, 6) is 1.89. The van der Waals surface area contributed by atoms with E-state index in [1.165, 1.54) is 25.7 Å². The van der Waals surface area contributed by atoms with Crippen LogP contribution >= 0.6 is 0 Å².